The Morgan fingerprint density at radius 1 is 1.11 bits per heavy atom. The molecule has 0 bridgehead atoms. The molecule has 2 N–H and O–H groups in total. The molecular formula is C21H28N4O2. The second kappa shape index (κ2) is 8.84. The zero-order valence-corrected chi connectivity index (χ0v) is 16.2. The topological polar surface area (TPSA) is 76.0 Å². The van der Waals surface area contributed by atoms with Gasteiger partial charge in [-0.3, -0.25) is 9.59 Å². The number of fused-ring (bicyclic) bond motifs is 1. The van der Waals surface area contributed by atoms with Crippen LogP contribution in [0.3, 0.4) is 0 Å². The number of benzene rings is 1. The molecule has 0 saturated carbocycles. The summed E-state index contributed by atoms with van der Waals surface area (Å²) in [7, 11) is 0. The minimum absolute atomic E-state index is 0.191. The van der Waals surface area contributed by atoms with Crippen molar-refractivity contribution in [3.63, 3.8) is 0 Å². The van der Waals surface area contributed by atoms with Gasteiger partial charge in [0.15, 0.2) is 5.82 Å². The van der Waals surface area contributed by atoms with Crippen LogP contribution in [0.2, 0.25) is 0 Å². The van der Waals surface area contributed by atoms with Gasteiger partial charge in [-0.2, -0.15) is 0 Å². The third kappa shape index (κ3) is 4.56. The molecule has 1 aromatic carbocycles. The Labute approximate surface area is 160 Å². The van der Waals surface area contributed by atoms with E-state index < -0.39 is 0 Å². The van der Waals surface area contributed by atoms with Crippen molar-refractivity contribution < 1.29 is 9.59 Å². The van der Waals surface area contributed by atoms with Crippen LogP contribution in [0, 0.1) is 6.92 Å². The Kier molecular flexibility index (Phi) is 6.27. The van der Waals surface area contributed by atoms with Gasteiger partial charge in [0.1, 0.15) is 5.69 Å². The van der Waals surface area contributed by atoms with Gasteiger partial charge in [-0.1, -0.05) is 43.2 Å². The van der Waals surface area contributed by atoms with Gasteiger partial charge in [-0.25, -0.2) is 4.98 Å². The lowest BCUT2D eigenvalue weighted by atomic mass is 10.1. The van der Waals surface area contributed by atoms with Gasteiger partial charge in [0.2, 0.25) is 0 Å². The minimum Gasteiger partial charge on any atom is -0.349 e. The summed E-state index contributed by atoms with van der Waals surface area (Å²) in [5.74, 6) is -0.0423. The molecule has 0 saturated heterocycles. The molecule has 0 fully saturated rings. The van der Waals surface area contributed by atoms with E-state index >= 15 is 0 Å². The summed E-state index contributed by atoms with van der Waals surface area (Å²) in [6.45, 7) is 5.94. The maximum absolute atomic E-state index is 12.7. The van der Waals surface area contributed by atoms with Crippen LogP contribution in [0.4, 0.5) is 0 Å². The molecule has 2 amide bonds. The molecule has 6 heteroatoms. The first-order chi connectivity index (χ1) is 13.1. The van der Waals surface area contributed by atoms with Gasteiger partial charge in [0, 0.05) is 19.6 Å². The molecule has 27 heavy (non-hydrogen) atoms. The molecule has 3 rings (SSSR count). The highest BCUT2D eigenvalue weighted by Gasteiger charge is 2.27. The average molecular weight is 368 g/mol. The van der Waals surface area contributed by atoms with Crippen LogP contribution < -0.4 is 10.6 Å². The van der Waals surface area contributed by atoms with Gasteiger partial charge >= 0.3 is 0 Å². The highest BCUT2D eigenvalue weighted by atomic mass is 16.2. The van der Waals surface area contributed by atoms with Gasteiger partial charge in [0.25, 0.3) is 11.8 Å². The lowest BCUT2D eigenvalue weighted by Gasteiger charge is -2.17. The van der Waals surface area contributed by atoms with Crippen molar-refractivity contribution in [1.82, 2.24) is 20.2 Å². The molecule has 2 heterocycles. The molecule has 6 nitrogen and oxygen atoms in total. The molecule has 1 aliphatic rings. The molecule has 0 spiro atoms. The Balaban J connectivity index is 1.74. The summed E-state index contributed by atoms with van der Waals surface area (Å²) in [6.07, 6.45) is 4.75. The van der Waals surface area contributed by atoms with Crippen LogP contribution >= 0.6 is 0 Å². The summed E-state index contributed by atoms with van der Waals surface area (Å²) < 4.78 is 1.92. The fraction of sp³-hybridized carbons (Fsp3) is 0.476. The van der Waals surface area contributed by atoms with Crippen LogP contribution in [0.25, 0.3) is 0 Å². The maximum Gasteiger partial charge on any atom is 0.287 e. The van der Waals surface area contributed by atoms with Gasteiger partial charge in [0.05, 0.1) is 5.69 Å². The van der Waals surface area contributed by atoms with E-state index in [1.54, 1.807) is 0 Å². The highest BCUT2D eigenvalue weighted by Crippen LogP contribution is 2.21. The number of hydrogen-bond donors (Lipinski definition) is 2. The van der Waals surface area contributed by atoms with E-state index in [4.69, 9.17) is 0 Å². The SMILES string of the molecule is CCCCNC(=O)c1nc(C(=O)NCc2ccc(C)cc2)c2n1CCCC2. The van der Waals surface area contributed by atoms with E-state index in [-0.39, 0.29) is 11.8 Å². The first-order valence-electron chi connectivity index (χ1n) is 9.81. The van der Waals surface area contributed by atoms with Gasteiger partial charge in [-0.15, -0.1) is 0 Å². The molecule has 144 valence electrons. The standard InChI is InChI=1S/C21H28N4O2/c1-3-4-12-22-21(27)19-24-18(17-7-5-6-13-25(17)19)20(26)23-14-16-10-8-15(2)9-11-16/h8-11H,3-7,12-14H2,1-2H3,(H,22,27)(H,23,26). The van der Waals surface area contributed by atoms with Crippen LogP contribution in [0.5, 0.6) is 0 Å². The van der Waals surface area contributed by atoms with Gasteiger partial charge < -0.3 is 15.2 Å². The zero-order valence-electron chi connectivity index (χ0n) is 16.2. The normalized spacial score (nSPS) is 13.1. The van der Waals surface area contributed by atoms with E-state index in [1.807, 2.05) is 35.8 Å². The van der Waals surface area contributed by atoms with Crippen molar-refractivity contribution in [3.8, 4) is 0 Å². The Morgan fingerprint density at radius 3 is 2.63 bits per heavy atom. The van der Waals surface area contributed by atoms with E-state index in [0.717, 1.165) is 49.9 Å². The number of aryl methyl sites for hydroxylation is 1. The predicted molar refractivity (Wildman–Crippen MR) is 105 cm³/mol. The second-order valence-electron chi connectivity index (χ2n) is 7.12. The maximum atomic E-state index is 12.7. The first kappa shape index (κ1) is 19.1. The summed E-state index contributed by atoms with van der Waals surface area (Å²) in [4.78, 5) is 29.7. The predicted octanol–water partition coefficient (Wildman–Crippen LogP) is 2.99. The molecule has 1 aromatic heterocycles. The van der Waals surface area contributed by atoms with Gasteiger partial charge in [-0.05, 0) is 38.2 Å². The van der Waals surface area contributed by atoms with E-state index in [1.165, 1.54) is 5.56 Å². The van der Waals surface area contributed by atoms with Crippen molar-refractivity contribution in [2.75, 3.05) is 6.54 Å². The highest BCUT2D eigenvalue weighted by molar-refractivity contribution is 5.97. The fourth-order valence-corrected chi connectivity index (χ4v) is 3.33. The number of carbonyl (C=O) groups excluding carboxylic acids is 2. The number of carbonyl (C=O) groups is 2. The van der Waals surface area contributed by atoms with Crippen LogP contribution in [-0.2, 0) is 19.5 Å². The molecule has 0 aliphatic carbocycles. The number of hydrogen-bond acceptors (Lipinski definition) is 3. The van der Waals surface area contributed by atoms with E-state index in [0.29, 0.717) is 24.6 Å². The number of aromatic nitrogens is 2. The second-order valence-corrected chi connectivity index (χ2v) is 7.12. The molecule has 0 atom stereocenters. The molecule has 0 radical (unpaired) electrons. The molecule has 2 aromatic rings. The van der Waals surface area contributed by atoms with Crippen molar-refractivity contribution in [1.29, 1.82) is 0 Å². The number of unbranched alkanes of at least 4 members (excludes halogenated alkanes) is 1. The zero-order chi connectivity index (χ0) is 19.2. The van der Waals surface area contributed by atoms with E-state index in [9.17, 15) is 9.59 Å². The molecule has 1 aliphatic heterocycles. The van der Waals surface area contributed by atoms with Crippen molar-refractivity contribution >= 4 is 11.8 Å². The number of imidazole rings is 1. The quantitative estimate of drug-likeness (QED) is 0.738. The Hall–Kier alpha value is -2.63. The van der Waals surface area contributed by atoms with Crippen LogP contribution in [-0.4, -0.2) is 27.9 Å². The first-order valence-corrected chi connectivity index (χ1v) is 9.81. The van der Waals surface area contributed by atoms with Crippen molar-refractivity contribution in [2.45, 2.75) is 59.0 Å². The summed E-state index contributed by atoms with van der Waals surface area (Å²) in [5.41, 5.74) is 3.50. The third-order valence-corrected chi connectivity index (χ3v) is 4.93. The van der Waals surface area contributed by atoms with E-state index in [2.05, 4.69) is 22.5 Å². The number of nitrogens with one attached hydrogen (secondary N) is 2. The Bertz CT molecular complexity index is 808. The minimum atomic E-state index is -0.214. The van der Waals surface area contributed by atoms with Crippen LogP contribution in [0.15, 0.2) is 24.3 Å². The lowest BCUT2D eigenvalue weighted by Crippen LogP contribution is -2.28. The smallest absolute Gasteiger partial charge is 0.287 e. The number of amides is 2. The van der Waals surface area contributed by atoms with Crippen molar-refractivity contribution in [2.24, 2.45) is 0 Å². The number of nitrogens with zero attached hydrogens (tertiary/aromatic N) is 2. The monoisotopic (exact) mass is 368 g/mol. The summed E-state index contributed by atoms with van der Waals surface area (Å²) in [6, 6.07) is 8.06. The fourth-order valence-electron chi connectivity index (χ4n) is 3.33. The largest absolute Gasteiger partial charge is 0.349 e. The third-order valence-electron chi connectivity index (χ3n) is 4.93. The average Bonchev–Trinajstić information content (AvgIpc) is 3.07. The van der Waals surface area contributed by atoms with Crippen LogP contribution in [0.1, 0.15) is 70.5 Å². The molecular weight excluding hydrogens is 340 g/mol. The lowest BCUT2D eigenvalue weighted by molar-refractivity contribution is 0.0937. The number of rotatable bonds is 7. The Morgan fingerprint density at radius 2 is 1.89 bits per heavy atom. The summed E-state index contributed by atoms with van der Waals surface area (Å²) >= 11 is 0. The molecule has 0 unspecified atom stereocenters. The van der Waals surface area contributed by atoms with Crippen molar-refractivity contribution in [3.05, 3.63) is 52.6 Å². The summed E-state index contributed by atoms with van der Waals surface area (Å²) in [5, 5.41) is 5.85.